The molecule has 136 valence electrons. The second-order valence-corrected chi connectivity index (χ2v) is 6.83. The molecular weight excluding hydrogens is 386 g/mol. The van der Waals surface area contributed by atoms with Crippen molar-refractivity contribution in [3.05, 3.63) is 58.0 Å². The van der Waals surface area contributed by atoms with Gasteiger partial charge in [-0.1, -0.05) is 29.7 Å². The molecule has 3 rings (SSSR count). The lowest BCUT2D eigenvalue weighted by Gasteiger charge is -2.12. The number of hydrogen-bond acceptors (Lipinski definition) is 5. The van der Waals surface area contributed by atoms with Crippen molar-refractivity contribution >= 4 is 46.3 Å². The minimum Gasteiger partial charge on any atom is -0.493 e. The van der Waals surface area contributed by atoms with E-state index >= 15 is 0 Å². The van der Waals surface area contributed by atoms with Crippen molar-refractivity contribution in [2.24, 2.45) is 0 Å². The molecule has 0 saturated carbocycles. The predicted molar refractivity (Wildman–Crippen MR) is 107 cm³/mol. The van der Waals surface area contributed by atoms with Crippen LogP contribution in [0.15, 0.2) is 47.4 Å². The zero-order valence-electron chi connectivity index (χ0n) is 14.3. The standard InChI is InChI=1S/C20H14ClNO4S/c1-3-9-26-16-8-7-13(10-17(16)25-2)11-18-19(23)22(20(24)27-18)15-6-4-5-14(21)12-15/h1,4-8,10-12H,9H2,2H3. The molecule has 1 heterocycles. The highest BCUT2D eigenvalue weighted by molar-refractivity contribution is 8.19. The topological polar surface area (TPSA) is 55.8 Å². The highest BCUT2D eigenvalue weighted by Crippen LogP contribution is 2.37. The zero-order valence-corrected chi connectivity index (χ0v) is 15.8. The smallest absolute Gasteiger partial charge is 0.298 e. The number of imide groups is 1. The Balaban J connectivity index is 1.88. The van der Waals surface area contributed by atoms with E-state index in [4.69, 9.17) is 27.5 Å². The summed E-state index contributed by atoms with van der Waals surface area (Å²) in [5, 5.41) is 0.0669. The molecule has 0 aliphatic carbocycles. The van der Waals surface area contributed by atoms with Crippen LogP contribution in [-0.4, -0.2) is 24.9 Å². The summed E-state index contributed by atoms with van der Waals surface area (Å²) in [5.41, 5.74) is 1.13. The maximum Gasteiger partial charge on any atom is 0.298 e. The molecule has 0 radical (unpaired) electrons. The highest BCUT2D eigenvalue weighted by atomic mass is 35.5. The number of nitrogens with zero attached hydrogens (tertiary/aromatic N) is 1. The van der Waals surface area contributed by atoms with Crippen LogP contribution in [0, 0.1) is 12.3 Å². The number of carbonyl (C=O) groups excluding carboxylic acids is 2. The fourth-order valence-electron chi connectivity index (χ4n) is 2.47. The Morgan fingerprint density at radius 1 is 1.22 bits per heavy atom. The van der Waals surface area contributed by atoms with Crippen molar-refractivity contribution in [1.29, 1.82) is 0 Å². The molecule has 2 aromatic carbocycles. The van der Waals surface area contributed by atoms with E-state index < -0.39 is 5.91 Å². The largest absolute Gasteiger partial charge is 0.493 e. The molecule has 2 amide bonds. The van der Waals surface area contributed by atoms with Crippen LogP contribution in [0.25, 0.3) is 6.08 Å². The van der Waals surface area contributed by atoms with Gasteiger partial charge >= 0.3 is 0 Å². The summed E-state index contributed by atoms with van der Waals surface area (Å²) >= 11 is 6.83. The third-order valence-electron chi connectivity index (χ3n) is 3.66. The molecule has 2 aromatic rings. The number of benzene rings is 2. The monoisotopic (exact) mass is 399 g/mol. The first kappa shape index (κ1) is 18.9. The third-order valence-corrected chi connectivity index (χ3v) is 4.76. The van der Waals surface area contributed by atoms with Crippen molar-refractivity contribution in [3.8, 4) is 23.8 Å². The SMILES string of the molecule is C#CCOc1ccc(C=C2SC(=O)N(c3cccc(Cl)c3)C2=O)cc1OC. The van der Waals surface area contributed by atoms with Gasteiger partial charge in [-0.15, -0.1) is 6.42 Å². The van der Waals surface area contributed by atoms with Crippen molar-refractivity contribution < 1.29 is 19.1 Å². The lowest BCUT2D eigenvalue weighted by Crippen LogP contribution is -2.27. The predicted octanol–water partition coefficient (Wildman–Crippen LogP) is 4.60. The summed E-state index contributed by atoms with van der Waals surface area (Å²) in [4.78, 5) is 26.4. The minimum atomic E-state index is -0.404. The Morgan fingerprint density at radius 3 is 2.74 bits per heavy atom. The number of halogens is 1. The van der Waals surface area contributed by atoms with E-state index in [1.54, 1.807) is 48.5 Å². The number of terminal acetylenes is 1. The van der Waals surface area contributed by atoms with Crippen LogP contribution in [0.4, 0.5) is 10.5 Å². The summed E-state index contributed by atoms with van der Waals surface area (Å²) in [6.45, 7) is 0.119. The van der Waals surface area contributed by atoms with Gasteiger partial charge in [0.15, 0.2) is 11.5 Å². The van der Waals surface area contributed by atoms with E-state index in [2.05, 4.69) is 5.92 Å². The van der Waals surface area contributed by atoms with E-state index in [0.29, 0.717) is 32.7 Å². The molecule has 1 aliphatic heterocycles. The normalized spacial score (nSPS) is 15.1. The molecular formula is C20H14ClNO4S. The molecule has 27 heavy (non-hydrogen) atoms. The van der Waals surface area contributed by atoms with Gasteiger partial charge in [0.2, 0.25) is 0 Å². The van der Waals surface area contributed by atoms with Crippen LogP contribution in [-0.2, 0) is 4.79 Å². The van der Waals surface area contributed by atoms with Gasteiger partial charge in [0.1, 0.15) is 6.61 Å². The maximum atomic E-state index is 12.7. The van der Waals surface area contributed by atoms with E-state index in [-0.39, 0.29) is 11.8 Å². The molecule has 5 nitrogen and oxygen atoms in total. The first-order chi connectivity index (χ1) is 13.0. The molecule has 0 N–H and O–H groups in total. The first-order valence-electron chi connectivity index (χ1n) is 7.81. The van der Waals surface area contributed by atoms with Crippen molar-refractivity contribution in [2.45, 2.75) is 0 Å². The van der Waals surface area contributed by atoms with E-state index in [0.717, 1.165) is 16.7 Å². The van der Waals surface area contributed by atoms with E-state index in [1.807, 2.05) is 0 Å². The second-order valence-electron chi connectivity index (χ2n) is 5.40. The number of amides is 2. The van der Waals surface area contributed by atoms with Crippen molar-refractivity contribution in [1.82, 2.24) is 0 Å². The number of carbonyl (C=O) groups is 2. The number of thioether (sulfide) groups is 1. The Bertz CT molecular complexity index is 980. The number of rotatable bonds is 5. The first-order valence-corrected chi connectivity index (χ1v) is 9.00. The molecule has 1 fully saturated rings. The van der Waals surface area contributed by atoms with Crippen LogP contribution in [0.1, 0.15) is 5.56 Å². The molecule has 0 spiro atoms. The van der Waals surface area contributed by atoms with E-state index in [1.165, 1.54) is 7.11 Å². The van der Waals surface area contributed by atoms with Gasteiger partial charge in [-0.2, -0.15) is 0 Å². The summed E-state index contributed by atoms with van der Waals surface area (Å²) in [6, 6.07) is 11.7. The van der Waals surface area contributed by atoms with E-state index in [9.17, 15) is 9.59 Å². The Labute approximate surface area is 165 Å². The van der Waals surface area contributed by atoms with Gasteiger partial charge < -0.3 is 9.47 Å². The Morgan fingerprint density at radius 2 is 2.04 bits per heavy atom. The van der Waals surface area contributed by atoms with Crippen LogP contribution >= 0.6 is 23.4 Å². The fourth-order valence-corrected chi connectivity index (χ4v) is 3.50. The number of hydrogen-bond donors (Lipinski definition) is 0. The maximum absolute atomic E-state index is 12.7. The lowest BCUT2D eigenvalue weighted by molar-refractivity contribution is -0.113. The van der Waals surface area contributed by atoms with Gasteiger partial charge in [0, 0.05) is 5.02 Å². The summed E-state index contributed by atoms with van der Waals surface area (Å²) in [7, 11) is 1.51. The lowest BCUT2D eigenvalue weighted by atomic mass is 10.2. The molecule has 0 bridgehead atoms. The molecule has 0 atom stereocenters. The molecule has 0 aromatic heterocycles. The Kier molecular flexibility index (Phi) is 5.75. The minimum absolute atomic E-state index is 0.119. The number of anilines is 1. The highest BCUT2D eigenvalue weighted by Gasteiger charge is 2.36. The number of ether oxygens (including phenoxy) is 2. The van der Waals surface area contributed by atoms with Gasteiger partial charge in [-0.3, -0.25) is 9.59 Å². The van der Waals surface area contributed by atoms with Crippen LogP contribution in [0.3, 0.4) is 0 Å². The van der Waals surface area contributed by atoms with Crippen molar-refractivity contribution in [3.63, 3.8) is 0 Å². The summed E-state index contributed by atoms with van der Waals surface area (Å²) < 4.78 is 10.7. The quantitative estimate of drug-likeness (QED) is 0.543. The zero-order chi connectivity index (χ0) is 19.4. The van der Waals surface area contributed by atoms with Gasteiger partial charge in [-0.05, 0) is 53.7 Å². The third kappa shape index (κ3) is 4.11. The van der Waals surface area contributed by atoms with Crippen molar-refractivity contribution in [2.75, 3.05) is 18.6 Å². The average molecular weight is 400 g/mol. The van der Waals surface area contributed by atoms with Gasteiger partial charge in [0.25, 0.3) is 11.1 Å². The van der Waals surface area contributed by atoms with Gasteiger partial charge in [0.05, 0.1) is 17.7 Å². The summed E-state index contributed by atoms with van der Waals surface area (Å²) in [5.74, 6) is 2.96. The van der Waals surface area contributed by atoms with Crippen LogP contribution in [0.2, 0.25) is 5.02 Å². The fraction of sp³-hybridized carbons (Fsp3) is 0.100. The molecule has 1 saturated heterocycles. The summed E-state index contributed by atoms with van der Waals surface area (Å²) in [6.07, 6.45) is 6.82. The average Bonchev–Trinajstić information content (AvgIpc) is 2.93. The molecule has 0 unspecified atom stereocenters. The van der Waals surface area contributed by atoms with Gasteiger partial charge in [-0.25, -0.2) is 4.90 Å². The second kappa shape index (κ2) is 8.21. The Hall–Kier alpha value is -2.88. The molecule has 1 aliphatic rings. The van der Waals surface area contributed by atoms with Crippen LogP contribution in [0.5, 0.6) is 11.5 Å². The van der Waals surface area contributed by atoms with Crippen LogP contribution < -0.4 is 14.4 Å². The molecule has 7 heteroatoms. The number of methoxy groups -OCH3 is 1.